The van der Waals surface area contributed by atoms with E-state index in [2.05, 4.69) is 25.9 Å². The Kier molecular flexibility index (Phi) is 4.39. The fraction of sp³-hybridized carbons (Fsp3) is 0.545. The highest BCUT2D eigenvalue weighted by Crippen LogP contribution is 2.39. The van der Waals surface area contributed by atoms with Gasteiger partial charge in [-0.1, -0.05) is 11.8 Å². The predicted octanol–water partition coefficient (Wildman–Crippen LogP) is 2.77. The van der Waals surface area contributed by atoms with Gasteiger partial charge in [0.25, 0.3) is 0 Å². The molecule has 1 heterocycles. The third kappa shape index (κ3) is 3.96. The largest absolute Gasteiger partial charge is 0.465 e. The maximum Gasteiger partial charge on any atom is 0.316 e. The molecular formula is C11H13BrN2O2S. The van der Waals surface area contributed by atoms with Gasteiger partial charge in [0.15, 0.2) is 0 Å². The van der Waals surface area contributed by atoms with Crippen LogP contribution in [-0.2, 0) is 9.53 Å². The summed E-state index contributed by atoms with van der Waals surface area (Å²) in [5.41, 5.74) is 0. The summed E-state index contributed by atoms with van der Waals surface area (Å²) in [5, 5.41) is 0.821. The summed E-state index contributed by atoms with van der Waals surface area (Å²) in [6, 6.07) is 1.83. The number of carbonyl (C=O) groups is 1. The van der Waals surface area contributed by atoms with Gasteiger partial charge in [-0.05, 0) is 35.7 Å². The van der Waals surface area contributed by atoms with Crippen LogP contribution in [0.1, 0.15) is 31.5 Å². The van der Waals surface area contributed by atoms with E-state index in [4.69, 9.17) is 4.74 Å². The van der Waals surface area contributed by atoms with Crippen LogP contribution in [0.4, 0.5) is 0 Å². The summed E-state index contributed by atoms with van der Waals surface area (Å²) in [4.78, 5) is 20.0. The molecule has 4 nitrogen and oxygen atoms in total. The Morgan fingerprint density at radius 2 is 2.35 bits per heavy atom. The van der Waals surface area contributed by atoms with Crippen LogP contribution in [0.2, 0.25) is 0 Å². The van der Waals surface area contributed by atoms with Crippen LogP contribution < -0.4 is 0 Å². The van der Waals surface area contributed by atoms with E-state index in [9.17, 15) is 4.79 Å². The summed E-state index contributed by atoms with van der Waals surface area (Å²) >= 11 is 4.75. The molecule has 2 rings (SSSR count). The van der Waals surface area contributed by atoms with Crippen molar-refractivity contribution in [3.05, 3.63) is 16.5 Å². The molecule has 92 valence electrons. The molecule has 0 atom stereocenters. The van der Waals surface area contributed by atoms with Gasteiger partial charge in [0.1, 0.15) is 15.5 Å². The van der Waals surface area contributed by atoms with Crippen molar-refractivity contribution < 1.29 is 9.53 Å². The molecule has 0 amide bonds. The first-order valence-electron chi connectivity index (χ1n) is 5.52. The minimum Gasteiger partial charge on any atom is -0.465 e. The van der Waals surface area contributed by atoms with Gasteiger partial charge >= 0.3 is 5.97 Å². The quantitative estimate of drug-likeness (QED) is 0.475. The number of esters is 1. The van der Waals surface area contributed by atoms with Crippen LogP contribution >= 0.6 is 27.7 Å². The van der Waals surface area contributed by atoms with Crippen LogP contribution in [0, 0.1) is 0 Å². The zero-order valence-corrected chi connectivity index (χ0v) is 11.9. The summed E-state index contributed by atoms with van der Waals surface area (Å²) in [7, 11) is 0. The fourth-order valence-electron chi connectivity index (χ4n) is 1.35. The molecule has 0 aromatic carbocycles. The van der Waals surface area contributed by atoms with E-state index in [1.54, 1.807) is 6.92 Å². The zero-order valence-electron chi connectivity index (χ0n) is 9.48. The van der Waals surface area contributed by atoms with E-state index in [-0.39, 0.29) is 5.97 Å². The lowest BCUT2D eigenvalue weighted by Crippen LogP contribution is -2.07. The van der Waals surface area contributed by atoms with Crippen LogP contribution in [0.25, 0.3) is 0 Å². The highest BCUT2D eigenvalue weighted by molar-refractivity contribution is 9.10. The topological polar surface area (TPSA) is 52.1 Å². The van der Waals surface area contributed by atoms with Gasteiger partial charge in [0, 0.05) is 12.0 Å². The Morgan fingerprint density at radius 3 is 3.00 bits per heavy atom. The standard InChI is InChI=1S/C11H13BrN2O2S/c1-2-16-10(15)6-17-9-5-8(12)13-11(14-9)7-3-4-7/h5,7H,2-4,6H2,1H3. The van der Waals surface area contributed by atoms with Gasteiger partial charge in [0.2, 0.25) is 0 Å². The number of carbonyl (C=O) groups excluding carboxylic acids is 1. The van der Waals surface area contributed by atoms with Crippen molar-refractivity contribution in [1.82, 2.24) is 9.97 Å². The molecule has 1 aliphatic carbocycles. The van der Waals surface area contributed by atoms with E-state index in [0.29, 0.717) is 18.3 Å². The normalized spacial score (nSPS) is 14.7. The molecule has 1 fully saturated rings. The number of hydrogen-bond acceptors (Lipinski definition) is 5. The second-order valence-corrected chi connectivity index (χ2v) is 5.56. The van der Waals surface area contributed by atoms with Crippen molar-refractivity contribution in [2.75, 3.05) is 12.4 Å². The molecule has 17 heavy (non-hydrogen) atoms. The SMILES string of the molecule is CCOC(=O)CSc1cc(Br)nc(C2CC2)n1. The lowest BCUT2D eigenvalue weighted by molar-refractivity contribution is -0.139. The molecule has 0 aliphatic heterocycles. The number of nitrogens with zero attached hydrogens (tertiary/aromatic N) is 2. The summed E-state index contributed by atoms with van der Waals surface area (Å²) in [5.74, 6) is 1.47. The third-order valence-electron chi connectivity index (χ3n) is 2.27. The summed E-state index contributed by atoms with van der Waals surface area (Å²) < 4.78 is 5.65. The van der Waals surface area contributed by atoms with Crippen molar-refractivity contribution >= 4 is 33.7 Å². The first-order chi connectivity index (χ1) is 8.19. The number of aromatic nitrogens is 2. The van der Waals surface area contributed by atoms with E-state index in [0.717, 1.165) is 15.5 Å². The molecule has 0 N–H and O–H groups in total. The molecule has 0 radical (unpaired) electrons. The van der Waals surface area contributed by atoms with Crippen molar-refractivity contribution in [1.29, 1.82) is 0 Å². The smallest absolute Gasteiger partial charge is 0.316 e. The second-order valence-electron chi connectivity index (χ2n) is 3.76. The minimum absolute atomic E-state index is 0.208. The van der Waals surface area contributed by atoms with E-state index in [1.807, 2.05) is 6.07 Å². The number of thioether (sulfide) groups is 1. The van der Waals surface area contributed by atoms with Gasteiger partial charge in [-0.2, -0.15) is 0 Å². The monoisotopic (exact) mass is 316 g/mol. The van der Waals surface area contributed by atoms with Gasteiger partial charge < -0.3 is 4.74 Å². The Bertz CT molecular complexity index is 424. The van der Waals surface area contributed by atoms with Crippen LogP contribution in [0.3, 0.4) is 0 Å². The second kappa shape index (κ2) is 5.82. The van der Waals surface area contributed by atoms with Crippen LogP contribution in [0.5, 0.6) is 0 Å². The molecule has 1 aliphatic rings. The molecule has 0 bridgehead atoms. The lowest BCUT2D eigenvalue weighted by atomic mass is 10.4. The van der Waals surface area contributed by atoms with Gasteiger partial charge in [-0.3, -0.25) is 4.79 Å². The van der Waals surface area contributed by atoms with E-state index < -0.39 is 0 Å². The Labute approximate surface area is 113 Å². The summed E-state index contributed by atoms with van der Waals surface area (Å²) in [6.45, 7) is 2.22. The fourth-order valence-corrected chi connectivity index (χ4v) is 2.60. The van der Waals surface area contributed by atoms with Crippen molar-refractivity contribution in [2.45, 2.75) is 30.7 Å². The molecule has 0 spiro atoms. The Hall–Kier alpha value is -0.620. The van der Waals surface area contributed by atoms with Crippen molar-refractivity contribution in [3.63, 3.8) is 0 Å². The lowest BCUT2D eigenvalue weighted by Gasteiger charge is -2.04. The highest BCUT2D eigenvalue weighted by Gasteiger charge is 2.27. The van der Waals surface area contributed by atoms with Crippen LogP contribution in [-0.4, -0.2) is 28.3 Å². The molecule has 0 unspecified atom stereocenters. The Morgan fingerprint density at radius 1 is 1.59 bits per heavy atom. The van der Waals surface area contributed by atoms with Gasteiger partial charge in [-0.15, -0.1) is 0 Å². The maximum absolute atomic E-state index is 11.2. The highest BCUT2D eigenvalue weighted by atomic mass is 79.9. The van der Waals surface area contributed by atoms with Gasteiger partial charge in [0.05, 0.1) is 12.4 Å². The molecule has 0 saturated heterocycles. The number of halogens is 1. The Balaban J connectivity index is 1.97. The average molecular weight is 317 g/mol. The third-order valence-corrected chi connectivity index (χ3v) is 3.57. The number of hydrogen-bond donors (Lipinski definition) is 0. The average Bonchev–Trinajstić information content (AvgIpc) is 3.10. The van der Waals surface area contributed by atoms with Crippen molar-refractivity contribution in [3.8, 4) is 0 Å². The maximum atomic E-state index is 11.2. The molecule has 1 aromatic rings. The molecular weight excluding hydrogens is 304 g/mol. The van der Waals surface area contributed by atoms with Crippen molar-refractivity contribution in [2.24, 2.45) is 0 Å². The molecule has 6 heteroatoms. The molecule has 1 saturated carbocycles. The van der Waals surface area contributed by atoms with Crippen LogP contribution in [0.15, 0.2) is 15.7 Å². The van der Waals surface area contributed by atoms with E-state index in [1.165, 1.54) is 24.6 Å². The number of rotatable bonds is 5. The van der Waals surface area contributed by atoms with Gasteiger partial charge in [-0.25, -0.2) is 9.97 Å². The zero-order chi connectivity index (χ0) is 12.3. The predicted molar refractivity (Wildman–Crippen MR) is 69.1 cm³/mol. The first-order valence-corrected chi connectivity index (χ1v) is 7.29. The minimum atomic E-state index is -0.208. The number of ether oxygens (including phenoxy) is 1. The first kappa shape index (κ1) is 12.8. The van der Waals surface area contributed by atoms with E-state index >= 15 is 0 Å². The molecule has 1 aromatic heterocycles. The summed E-state index contributed by atoms with van der Waals surface area (Å²) in [6.07, 6.45) is 2.33.